The van der Waals surface area contributed by atoms with Gasteiger partial charge in [-0.25, -0.2) is 4.39 Å². The minimum absolute atomic E-state index is 0.180. The van der Waals surface area contributed by atoms with Gasteiger partial charge in [-0.2, -0.15) is 0 Å². The van der Waals surface area contributed by atoms with Crippen LogP contribution in [0.4, 0.5) is 10.1 Å². The molecule has 0 saturated carbocycles. The molecule has 1 aliphatic heterocycles. The number of rotatable bonds is 3. The number of hydrogen-bond donors (Lipinski definition) is 0. The fourth-order valence-corrected chi connectivity index (χ4v) is 2.96. The Labute approximate surface area is 126 Å². The summed E-state index contributed by atoms with van der Waals surface area (Å²) in [6.07, 6.45) is 0.969. The lowest BCUT2D eigenvalue weighted by atomic mass is 10.1. The zero-order valence-corrected chi connectivity index (χ0v) is 12.8. The Morgan fingerprint density at radius 2 is 2.10 bits per heavy atom. The highest BCUT2D eigenvalue weighted by Gasteiger charge is 2.20. The van der Waals surface area contributed by atoms with Gasteiger partial charge in [0.25, 0.3) is 0 Å². The van der Waals surface area contributed by atoms with E-state index in [9.17, 15) is 4.39 Å². The van der Waals surface area contributed by atoms with Gasteiger partial charge in [-0.1, -0.05) is 22.0 Å². The van der Waals surface area contributed by atoms with Crippen LogP contribution in [0.15, 0.2) is 40.9 Å². The van der Waals surface area contributed by atoms with Crippen molar-refractivity contribution >= 4 is 21.6 Å². The Balaban J connectivity index is 1.89. The average Bonchev–Trinajstić information content (AvgIpc) is 2.84. The van der Waals surface area contributed by atoms with E-state index in [0.29, 0.717) is 0 Å². The second kappa shape index (κ2) is 5.44. The van der Waals surface area contributed by atoms with Crippen LogP contribution in [0.3, 0.4) is 0 Å². The second-order valence-electron chi connectivity index (χ2n) is 4.90. The van der Waals surface area contributed by atoms with Gasteiger partial charge in [-0.3, -0.25) is 0 Å². The highest BCUT2D eigenvalue weighted by atomic mass is 79.9. The van der Waals surface area contributed by atoms with Crippen LogP contribution < -0.4 is 9.64 Å². The molecule has 0 N–H and O–H groups in total. The number of halogens is 2. The summed E-state index contributed by atoms with van der Waals surface area (Å²) < 4.78 is 19.7. The van der Waals surface area contributed by atoms with Crippen molar-refractivity contribution in [3.63, 3.8) is 0 Å². The smallest absolute Gasteiger partial charge is 0.125 e. The van der Waals surface area contributed by atoms with Crippen LogP contribution >= 0.6 is 15.9 Å². The molecule has 3 rings (SSSR count). The van der Waals surface area contributed by atoms with E-state index in [1.165, 1.54) is 11.6 Å². The van der Waals surface area contributed by atoms with Crippen molar-refractivity contribution in [2.45, 2.75) is 13.0 Å². The van der Waals surface area contributed by atoms with Crippen molar-refractivity contribution in [1.29, 1.82) is 0 Å². The molecule has 0 spiro atoms. The Morgan fingerprint density at radius 3 is 2.90 bits per heavy atom. The molecule has 20 heavy (non-hydrogen) atoms. The molecule has 1 aliphatic rings. The molecule has 1 heterocycles. The van der Waals surface area contributed by atoms with Gasteiger partial charge in [-0.05, 0) is 47.9 Å². The number of hydrogen-bond acceptors (Lipinski definition) is 2. The number of benzene rings is 2. The molecule has 0 bridgehead atoms. The minimum atomic E-state index is -0.180. The van der Waals surface area contributed by atoms with Gasteiger partial charge in [0.05, 0.1) is 7.11 Å². The lowest BCUT2D eigenvalue weighted by Crippen LogP contribution is -2.20. The van der Waals surface area contributed by atoms with Crippen molar-refractivity contribution < 1.29 is 9.13 Å². The molecule has 4 heteroatoms. The number of anilines is 1. The summed E-state index contributed by atoms with van der Waals surface area (Å²) in [7, 11) is 1.66. The van der Waals surface area contributed by atoms with Gasteiger partial charge in [0.15, 0.2) is 0 Å². The third-order valence-corrected chi connectivity index (χ3v) is 4.43. The summed E-state index contributed by atoms with van der Waals surface area (Å²) in [5.74, 6) is 0.655. The first kappa shape index (κ1) is 13.4. The number of nitrogens with zero attached hydrogens (tertiary/aromatic N) is 1. The van der Waals surface area contributed by atoms with Crippen LogP contribution in [0.2, 0.25) is 0 Å². The highest BCUT2D eigenvalue weighted by molar-refractivity contribution is 9.10. The van der Waals surface area contributed by atoms with Crippen LogP contribution in [-0.2, 0) is 13.0 Å². The van der Waals surface area contributed by atoms with Crippen molar-refractivity contribution in [2.75, 3.05) is 18.6 Å². The lowest BCUT2D eigenvalue weighted by molar-refractivity contribution is 0.414. The molecule has 2 aromatic rings. The summed E-state index contributed by atoms with van der Waals surface area (Å²) in [4.78, 5) is 2.21. The van der Waals surface area contributed by atoms with Crippen LogP contribution in [0.5, 0.6) is 5.75 Å². The normalized spacial score (nSPS) is 13.4. The fraction of sp³-hybridized carbons (Fsp3) is 0.250. The molecule has 0 radical (unpaired) electrons. The molecule has 2 aromatic carbocycles. The summed E-state index contributed by atoms with van der Waals surface area (Å²) in [5, 5.41) is 0. The molecule has 0 aliphatic carbocycles. The Bertz CT molecular complexity index is 644. The molecule has 0 saturated heterocycles. The zero-order chi connectivity index (χ0) is 14.1. The zero-order valence-electron chi connectivity index (χ0n) is 11.2. The number of ether oxygens (including phenoxy) is 1. The summed E-state index contributed by atoms with van der Waals surface area (Å²) in [6.45, 7) is 1.66. The van der Waals surface area contributed by atoms with Crippen molar-refractivity contribution in [1.82, 2.24) is 0 Å². The number of fused-ring (bicyclic) bond motifs is 1. The van der Waals surface area contributed by atoms with E-state index in [1.54, 1.807) is 13.2 Å². The summed E-state index contributed by atoms with van der Waals surface area (Å²) in [5.41, 5.74) is 3.35. The second-order valence-corrected chi connectivity index (χ2v) is 5.76. The third-order valence-electron chi connectivity index (χ3n) is 3.65. The van der Waals surface area contributed by atoms with E-state index < -0.39 is 0 Å². The van der Waals surface area contributed by atoms with Crippen LogP contribution in [0.1, 0.15) is 11.1 Å². The first-order valence-electron chi connectivity index (χ1n) is 6.53. The molecular formula is C16H15BrFNO. The third kappa shape index (κ3) is 2.52. The first-order chi connectivity index (χ1) is 9.67. The first-order valence-corrected chi connectivity index (χ1v) is 7.32. The molecule has 0 unspecified atom stereocenters. The van der Waals surface area contributed by atoms with E-state index >= 15 is 0 Å². The highest BCUT2D eigenvalue weighted by Crippen LogP contribution is 2.32. The van der Waals surface area contributed by atoms with Crippen molar-refractivity contribution in [3.05, 3.63) is 57.8 Å². The quantitative estimate of drug-likeness (QED) is 0.835. The Hall–Kier alpha value is -1.55. The molecule has 0 atom stereocenters. The van der Waals surface area contributed by atoms with Crippen molar-refractivity contribution in [3.8, 4) is 5.75 Å². The maximum absolute atomic E-state index is 13.4. The SMILES string of the molecule is COc1ccc(Br)c(CN2CCc3ccc(F)cc32)c1. The van der Waals surface area contributed by atoms with E-state index in [0.717, 1.165) is 41.0 Å². The van der Waals surface area contributed by atoms with E-state index in [4.69, 9.17) is 4.74 Å². The van der Waals surface area contributed by atoms with E-state index in [2.05, 4.69) is 20.8 Å². The van der Waals surface area contributed by atoms with E-state index in [-0.39, 0.29) is 5.82 Å². The van der Waals surface area contributed by atoms with Gasteiger partial charge >= 0.3 is 0 Å². The predicted molar refractivity (Wildman–Crippen MR) is 81.8 cm³/mol. The average molecular weight is 336 g/mol. The standard InChI is InChI=1S/C16H15BrFNO/c1-20-14-4-5-15(17)12(8-14)10-19-7-6-11-2-3-13(18)9-16(11)19/h2-5,8-9H,6-7,10H2,1H3. The van der Waals surface area contributed by atoms with Gasteiger partial charge in [0, 0.05) is 23.2 Å². The van der Waals surface area contributed by atoms with Crippen LogP contribution in [0, 0.1) is 5.82 Å². The van der Waals surface area contributed by atoms with Crippen LogP contribution in [-0.4, -0.2) is 13.7 Å². The lowest BCUT2D eigenvalue weighted by Gasteiger charge is -2.20. The molecule has 104 valence electrons. The molecule has 0 aromatic heterocycles. The summed E-state index contributed by atoms with van der Waals surface area (Å²) >= 11 is 3.57. The topological polar surface area (TPSA) is 12.5 Å². The van der Waals surface area contributed by atoms with Gasteiger partial charge < -0.3 is 9.64 Å². The maximum Gasteiger partial charge on any atom is 0.125 e. The van der Waals surface area contributed by atoms with Crippen molar-refractivity contribution in [2.24, 2.45) is 0 Å². The Kier molecular flexibility index (Phi) is 3.66. The maximum atomic E-state index is 13.4. The largest absolute Gasteiger partial charge is 0.497 e. The summed E-state index contributed by atoms with van der Waals surface area (Å²) in [6, 6.07) is 11.0. The minimum Gasteiger partial charge on any atom is -0.497 e. The monoisotopic (exact) mass is 335 g/mol. The van der Waals surface area contributed by atoms with Gasteiger partial charge in [0.2, 0.25) is 0 Å². The fourth-order valence-electron chi connectivity index (χ4n) is 2.59. The molecule has 0 amide bonds. The van der Waals surface area contributed by atoms with Gasteiger partial charge in [0.1, 0.15) is 11.6 Å². The Morgan fingerprint density at radius 1 is 1.25 bits per heavy atom. The molecular weight excluding hydrogens is 321 g/mol. The van der Waals surface area contributed by atoms with Gasteiger partial charge in [-0.15, -0.1) is 0 Å². The van der Waals surface area contributed by atoms with E-state index in [1.807, 2.05) is 24.3 Å². The van der Waals surface area contributed by atoms with Crippen LogP contribution in [0.25, 0.3) is 0 Å². The molecule has 0 fully saturated rings. The number of methoxy groups -OCH3 is 1. The predicted octanol–water partition coefficient (Wildman–Crippen LogP) is 4.16. The molecule has 2 nitrogen and oxygen atoms in total.